The Kier molecular flexibility index (Phi) is 7.91. The number of para-hydroxylation sites is 3. The third kappa shape index (κ3) is 5.79. The van der Waals surface area contributed by atoms with Crippen LogP contribution in [0, 0.1) is 6.33 Å². The van der Waals surface area contributed by atoms with Crippen molar-refractivity contribution >= 4 is 32.8 Å². The number of rotatable bonds is 5. The topological polar surface area (TPSA) is 35.9 Å². The average Bonchev–Trinajstić information content (AvgIpc) is 3.83. The van der Waals surface area contributed by atoms with Crippen LogP contribution in [-0.4, -0.2) is 14.1 Å². The van der Waals surface area contributed by atoms with Crippen molar-refractivity contribution in [2.75, 3.05) is 0 Å². The van der Waals surface area contributed by atoms with Crippen molar-refractivity contribution in [1.29, 1.82) is 0 Å². The van der Waals surface area contributed by atoms with Gasteiger partial charge in [0.25, 0.3) is 6.33 Å². The van der Waals surface area contributed by atoms with Gasteiger partial charge in [0.2, 0.25) is 0 Å². The van der Waals surface area contributed by atoms with Crippen LogP contribution in [0.1, 0.15) is 117 Å². The van der Waals surface area contributed by atoms with Crippen LogP contribution in [0.2, 0.25) is 0 Å². The number of ether oxygens (including phenoxy) is 1. The fourth-order valence-electron chi connectivity index (χ4n) is 11.4. The average molecular weight is 777 g/mol. The quantitative estimate of drug-likeness (QED) is 0.129. The van der Waals surface area contributed by atoms with Gasteiger partial charge in [-0.3, -0.25) is 13.7 Å². The molecule has 5 nitrogen and oxygen atoms in total. The Morgan fingerprint density at radius 1 is 0.610 bits per heavy atom. The van der Waals surface area contributed by atoms with Crippen LogP contribution in [0.25, 0.3) is 50.0 Å². The fourth-order valence-corrected chi connectivity index (χ4v) is 11.4. The van der Waals surface area contributed by atoms with Crippen molar-refractivity contribution in [3.63, 3.8) is 0 Å². The summed E-state index contributed by atoms with van der Waals surface area (Å²) in [6, 6.07) is 39.1. The van der Waals surface area contributed by atoms with E-state index >= 15 is 0 Å². The summed E-state index contributed by atoms with van der Waals surface area (Å²) < 4.78 is 13.7. The van der Waals surface area contributed by atoms with Gasteiger partial charge in [-0.15, -0.1) is 0 Å². The zero-order valence-electron chi connectivity index (χ0n) is 36.6. The minimum absolute atomic E-state index is 0.000354. The lowest BCUT2D eigenvalue weighted by Crippen LogP contribution is -2.37. The Balaban J connectivity index is 1.11. The summed E-state index contributed by atoms with van der Waals surface area (Å²) in [4.78, 5) is 4.89. The summed E-state index contributed by atoms with van der Waals surface area (Å²) in [5.41, 5.74) is 14.1. The van der Waals surface area contributed by atoms with E-state index in [1.54, 1.807) is 0 Å². The number of nitrogens with zero attached hydrogens (tertiary/aromatic N) is 4. The maximum absolute atomic E-state index is 6.77. The van der Waals surface area contributed by atoms with E-state index in [1.165, 1.54) is 44.3 Å². The minimum Gasteiger partial charge on any atom is -0.458 e. The molecular formula is C54H56N4O. The van der Waals surface area contributed by atoms with Gasteiger partial charge < -0.3 is 4.74 Å². The molecule has 3 aromatic heterocycles. The zero-order valence-corrected chi connectivity index (χ0v) is 36.6. The molecule has 2 aliphatic carbocycles. The van der Waals surface area contributed by atoms with Crippen LogP contribution in [0.15, 0.2) is 115 Å². The Labute approximate surface area is 349 Å². The molecule has 5 heteroatoms. The normalized spacial score (nSPS) is 17.5. The molecule has 0 spiro atoms. The lowest BCUT2D eigenvalue weighted by Gasteiger charge is -2.30. The second-order valence-electron chi connectivity index (χ2n) is 21.0. The molecule has 8 aromatic rings. The van der Waals surface area contributed by atoms with E-state index in [9.17, 15) is 0 Å². The van der Waals surface area contributed by atoms with Gasteiger partial charge in [-0.25, -0.2) is 4.98 Å². The molecule has 0 atom stereocenters. The maximum atomic E-state index is 6.77. The molecule has 0 saturated carbocycles. The zero-order chi connectivity index (χ0) is 41.4. The van der Waals surface area contributed by atoms with Gasteiger partial charge in [-0.2, -0.15) is 0 Å². The largest absolute Gasteiger partial charge is 0.458 e. The molecule has 0 fully saturated rings. The molecule has 3 heterocycles. The monoisotopic (exact) mass is 776 g/mol. The van der Waals surface area contributed by atoms with Crippen LogP contribution in [0.5, 0.6) is 11.5 Å². The van der Waals surface area contributed by atoms with Crippen LogP contribution >= 0.6 is 0 Å². The molecule has 10 rings (SSSR count). The van der Waals surface area contributed by atoms with Crippen molar-refractivity contribution in [2.45, 2.75) is 116 Å². The summed E-state index contributed by atoms with van der Waals surface area (Å²) in [6.07, 6.45) is 8.09. The molecular weight excluding hydrogens is 721 g/mol. The number of benzene rings is 5. The van der Waals surface area contributed by atoms with E-state index in [1.807, 2.05) is 12.3 Å². The third-order valence-corrected chi connectivity index (χ3v) is 13.5. The number of hydrogen-bond acceptors (Lipinski definition) is 2. The minimum atomic E-state index is -0.000354. The Bertz CT molecular complexity index is 2960. The smallest absolute Gasteiger partial charge is 0.269 e. The van der Waals surface area contributed by atoms with Crippen molar-refractivity contribution in [2.24, 2.45) is 0 Å². The van der Waals surface area contributed by atoms with E-state index in [0.717, 1.165) is 57.9 Å². The van der Waals surface area contributed by atoms with Crippen molar-refractivity contribution in [3.8, 4) is 28.7 Å². The first-order chi connectivity index (χ1) is 27.8. The summed E-state index contributed by atoms with van der Waals surface area (Å²) in [5.74, 6) is 2.44. The number of imidazole rings is 1. The van der Waals surface area contributed by atoms with Gasteiger partial charge >= 0.3 is 0 Å². The summed E-state index contributed by atoms with van der Waals surface area (Å²) in [7, 11) is 0. The molecule has 5 aromatic carbocycles. The Morgan fingerprint density at radius 3 is 1.93 bits per heavy atom. The molecule has 0 bridgehead atoms. The number of hydrogen-bond donors (Lipinski definition) is 0. The first-order valence-corrected chi connectivity index (χ1v) is 21.3. The molecule has 298 valence electrons. The highest BCUT2D eigenvalue weighted by atomic mass is 16.5. The second kappa shape index (κ2) is 12.4. The predicted molar refractivity (Wildman–Crippen MR) is 242 cm³/mol. The third-order valence-electron chi connectivity index (χ3n) is 13.5. The van der Waals surface area contributed by atoms with E-state index in [0.29, 0.717) is 0 Å². The molecule has 0 N–H and O–H groups in total. The predicted octanol–water partition coefficient (Wildman–Crippen LogP) is 13.2. The van der Waals surface area contributed by atoms with Gasteiger partial charge in [0.1, 0.15) is 17.3 Å². The highest BCUT2D eigenvalue weighted by molar-refractivity contribution is 6.09. The fraction of sp³-hybridized carbons (Fsp3) is 0.333. The van der Waals surface area contributed by atoms with E-state index in [4.69, 9.17) is 9.72 Å². The summed E-state index contributed by atoms with van der Waals surface area (Å²) in [6.45, 7) is 26.3. The summed E-state index contributed by atoms with van der Waals surface area (Å²) >= 11 is 0. The lowest BCUT2D eigenvalue weighted by atomic mass is 9.78. The SMILES string of the molecule is CC(C)(C)c1ccnc(-n2c3ccccc3c3ccc(Oc4cccc(-n5[c-][n+](-c6c7c(cc8c6C(C)(C)CC8(C)C)C(C)(C)CC7(C)C)c6ccccc65)c4)cc32)c1. The standard InChI is InChI=1S/C54H56N4O/c1-50(2,3)34-25-26-55-46(27-34)58-42-20-13-12-19-38(42)39-24-23-37(29-45(39)58)59-36-18-16-17-35(28-36)56-33-57(44-22-15-14-21-43(44)56)49-47-40(51(4,5)31-53(47,8)9)30-41-48(49)54(10,11)32-52(41,6)7/h12-30H,31-32H2,1-11H3. The van der Waals surface area contributed by atoms with Gasteiger partial charge in [0, 0.05) is 23.0 Å². The Hall–Kier alpha value is -5.68. The van der Waals surface area contributed by atoms with Gasteiger partial charge in [-0.1, -0.05) is 131 Å². The molecule has 0 saturated heterocycles. The number of pyridine rings is 1. The maximum Gasteiger partial charge on any atom is 0.269 e. The van der Waals surface area contributed by atoms with Gasteiger partial charge in [-0.05, 0) is 116 Å². The molecule has 59 heavy (non-hydrogen) atoms. The van der Waals surface area contributed by atoms with Crippen LogP contribution < -0.4 is 9.30 Å². The van der Waals surface area contributed by atoms with Crippen LogP contribution in [0.3, 0.4) is 0 Å². The van der Waals surface area contributed by atoms with E-state index in [-0.39, 0.29) is 27.1 Å². The first-order valence-electron chi connectivity index (χ1n) is 21.3. The molecule has 0 unspecified atom stereocenters. The first kappa shape index (κ1) is 37.6. The molecule has 0 radical (unpaired) electrons. The van der Waals surface area contributed by atoms with E-state index in [2.05, 4.69) is 199 Å². The van der Waals surface area contributed by atoms with Crippen molar-refractivity contribution in [3.05, 3.63) is 150 Å². The number of aromatic nitrogens is 4. The van der Waals surface area contributed by atoms with Gasteiger partial charge in [0.05, 0.1) is 33.4 Å². The lowest BCUT2D eigenvalue weighted by molar-refractivity contribution is -0.574. The highest BCUT2D eigenvalue weighted by Gasteiger charge is 2.51. The molecule has 0 amide bonds. The highest BCUT2D eigenvalue weighted by Crippen LogP contribution is 2.58. The van der Waals surface area contributed by atoms with Crippen LogP contribution in [0.4, 0.5) is 0 Å². The van der Waals surface area contributed by atoms with Crippen LogP contribution in [-0.2, 0) is 27.1 Å². The van der Waals surface area contributed by atoms with Crippen molar-refractivity contribution < 1.29 is 9.30 Å². The summed E-state index contributed by atoms with van der Waals surface area (Å²) in [5, 5.41) is 2.36. The number of fused-ring (bicyclic) bond motifs is 6. The molecule has 0 aliphatic heterocycles. The van der Waals surface area contributed by atoms with Crippen molar-refractivity contribution in [1.82, 2.24) is 14.1 Å². The van der Waals surface area contributed by atoms with Gasteiger partial charge in [0.15, 0.2) is 0 Å². The molecule has 2 aliphatic rings. The second-order valence-corrected chi connectivity index (χ2v) is 21.0. The Morgan fingerprint density at radius 2 is 1.24 bits per heavy atom. The van der Waals surface area contributed by atoms with E-state index < -0.39 is 0 Å².